The van der Waals surface area contributed by atoms with Gasteiger partial charge in [0.15, 0.2) is 11.5 Å². The summed E-state index contributed by atoms with van der Waals surface area (Å²) in [5, 5.41) is 13.1. The molecule has 0 unspecified atom stereocenters. The molecule has 4 rings (SSSR count). The average molecular weight is 402 g/mol. The molecule has 6 nitrogen and oxygen atoms in total. The largest absolute Gasteiger partial charge is 0.392 e. The third-order valence-electron chi connectivity index (χ3n) is 4.66. The first-order chi connectivity index (χ1) is 12.1. The molecular formula is C18H20BrN5O. The Morgan fingerprint density at radius 3 is 3.04 bits per heavy atom. The van der Waals surface area contributed by atoms with Gasteiger partial charge in [0.25, 0.3) is 0 Å². The number of hydrogen-bond donors (Lipinski definition) is 2. The Hall–Kier alpha value is -1.96. The van der Waals surface area contributed by atoms with Gasteiger partial charge in [-0.15, -0.1) is 0 Å². The lowest BCUT2D eigenvalue weighted by atomic mass is 10.2. The number of benzene rings is 1. The summed E-state index contributed by atoms with van der Waals surface area (Å²) in [6.45, 7) is 4.47. The molecule has 1 aromatic carbocycles. The number of nitrogens with zero attached hydrogens (tertiary/aromatic N) is 4. The maximum absolute atomic E-state index is 9.71. The van der Waals surface area contributed by atoms with E-state index < -0.39 is 0 Å². The van der Waals surface area contributed by atoms with Crippen molar-refractivity contribution in [3.8, 4) is 0 Å². The van der Waals surface area contributed by atoms with Crippen molar-refractivity contribution in [1.29, 1.82) is 0 Å². The van der Waals surface area contributed by atoms with E-state index in [1.165, 1.54) is 0 Å². The number of fused-ring (bicyclic) bond motifs is 1. The van der Waals surface area contributed by atoms with E-state index >= 15 is 0 Å². The lowest BCUT2D eigenvalue weighted by Crippen LogP contribution is -2.22. The van der Waals surface area contributed by atoms with E-state index in [4.69, 9.17) is 0 Å². The fourth-order valence-corrected chi connectivity index (χ4v) is 3.60. The van der Waals surface area contributed by atoms with Crippen LogP contribution in [0.5, 0.6) is 0 Å². The van der Waals surface area contributed by atoms with Crippen molar-refractivity contribution >= 4 is 33.1 Å². The number of aromatic nitrogens is 3. The molecule has 1 fully saturated rings. The van der Waals surface area contributed by atoms with E-state index in [1.54, 1.807) is 6.20 Å². The van der Waals surface area contributed by atoms with Gasteiger partial charge in [0.1, 0.15) is 0 Å². The van der Waals surface area contributed by atoms with Crippen LogP contribution in [0.2, 0.25) is 0 Å². The molecule has 0 aliphatic carbocycles. The Balaban J connectivity index is 1.63. The molecular weight excluding hydrogens is 382 g/mol. The molecule has 2 aromatic heterocycles. The minimum absolute atomic E-state index is 0.211. The Morgan fingerprint density at radius 2 is 2.24 bits per heavy atom. The highest BCUT2D eigenvalue weighted by molar-refractivity contribution is 9.10. The first-order valence-corrected chi connectivity index (χ1v) is 9.14. The van der Waals surface area contributed by atoms with Gasteiger partial charge in [0.2, 0.25) is 0 Å². The number of likely N-dealkylation sites (tertiary alicyclic amines) is 1. The molecule has 25 heavy (non-hydrogen) atoms. The molecule has 0 saturated carbocycles. The smallest absolute Gasteiger partial charge is 0.180 e. The summed E-state index contributed by atoms with van der Waals surface area (Å²) in [6.07, 6.45) is 6.24. The van der Waals surface area contributed by atoms with Crippen molar-refractivity contribution in [2.24, 2.45) is 0 Å². The second-order valence-electron chi connectivity index (χ2n) is 6.43. The van der Waals surface area contributed by atoms with Gasteiger partial charge in [-0.05, 0) is 31.0 Å². The van der Waals surface area contributed by atoms with Gasteiger partial charge in [-0.25, -0.2) is 9.97 Å². The van der Waals surface area contributed by atoms with Crippen LogP contribution in [0.25, 0.3) is 5.65 Å². The van der Waals surface area contributed by atoms with Gasteiger partial charge in [-0.1, -0.05) is 22.0 Å². The van der Waals surface area contributed by atoms with Gasteiger partial charge in [-0.3, -0.25) is 9.30 Å². The molecule has 0 amide bonds. The SMILES string of the molecule is Cc1c(Br)cccc1Nc1nccn2c(CN3CC[C@H](O)C3)cnc12. The number of rotatable bonds is 4. The molecule has 0 bridgehead atoms. The minimum atomic E-state index is -0.211. The molecule has 1 aliphatic heterocycles. The van der Waals surface area contributed by atoms with Crippen LogP contribution >= 0.6 is 15.9 Å². The van der Waals surface area contributed by atoms with Crippen molar-refractivity contribution in [2.45, 2.75) is 26.0 Å². The number of anilines is 2. The number of β-amino-alcohol motifs (C(OH)–C–C–N with tert-alkyl or cyclic N) is 1. The lowest BCUT2D eigenvalue weighted by Gasteiger charge is -2.15. The van der Waals surface area contributed by atoms with Crippen LogP contribution in [0.15, 0.2) is 41.3 Å². The average Bonchev–Trinajstić information content (AvgIpc) is 3.19. The van der Waals surface area contributed by atoms with Crippen molar-refractivity contribution in [2.75, 3.05) is 18.4 Å². The molecule has 2 N–H and O–H groups in total. The summed E-state index contributed by atoms with van der Waals surface area (Å²) in [4.78, 5) is 11.3. The maximum Gasteiger partial charge on any atom is 0.180 e. The summed E-state index contributed by atoms with van der Waals surface area (Å²) in [7, 11) is 0. The van der Waals surface area contributed by atoms with E-state index in [-0.39, 0.29) is 6.10 Å². The predicted octanol–water partition coefficient (Wildman–Crippen LogP) is 3.11. The summed E-state index contributed by atoms with van der Waals surface area (Å²) in [5.74, 6) is 0.733. The number of hydrogen-bond acceptors (Lipinski definition) is 5. The van der Waals surface area contributed by atoms with E-state index in [9.17, 15) is 5.11 Å². The topological polar surface area (TPSA) is 65.7 Å². The summed E-state index contributed by atoms with van der Waals surface area (Å²) in [6, 6.07) is 6.04. The molecule has 1 aliphatic rings. The first-order valence-electron chi connectivity index (χ1n) is 8.35. The highest BCUT2D eigenvalue weighted by atomic mass is 79.9. The van der Waals surface area contributed by atoms with Gasteiger partial charge in [0, 0.05) is 42.2 Å². The highest BCUT2D eigenvalue weighted by Gasteiger charge is 2.21. The molecule has 3 aromatic rings. The van der Waals surface area contributed by atoms with Gasteiger partial charge in [-0.2, -0.15) is 0 Å². The van der Waals surface area contributed by atoms with E-state index in [1.807, 2.05) is 30.6 Å². The lowest BCUT2D eigenvalue weighted by molar-refractivity contribution is 0.174. The van der Waals surface area contributed by atoms with Crippen LogP contribution in [0.3, 0.4) is 0 Å². The summed E-state index contributed by atoms with van der Waals surface area (Å²) >= 11 is 3.56. The van der Waals surface area contributed by atoms with Crippen molar-refractivity contribution < 1.29 is 5.11 Å². The fourth-order valence-electron chi connectivity index (χ4n) is 3.23. The summed E-state index contributed by atoms with van der Waals surface area (Å²) in [5.41, 5.74) is 4.03. The Kier molecular flexibility index (Phi) is 4.45. The number of halogens is 1. The van der Waals surface area contributed by atoms with Crippen molar-refractivity contribution in [3.05, 3.63) is 52.5 Å². The van der Waals surface area contributed by atoms with Crippen LogP contribution in [-0.4, -0.2) is 43.6 Å². The molecule has 0 radical (unpaired) electrons. The highest BCUT2D eigenvalue weighted by Crippen LogP contribution is 2.27. The molecule has 1 atom stereocenters. The van der Waals surface area contributed by atoms with Gasteiger partial charge in [0.05, 0.1) is 18.0 Å². The van der Waals surface area contributed by atoms with Gasteiger partial charge >= 0.3 is 0 Å². The molecule has 7 heteroatoms. The second-order valence-corrected chi connectivity index (χ2v) is 7.29. The van der Waals surface area contributed by atoms with E-state index in [2.05, 4.69) is 47.4 Å². The number of nitrogens with one attached hydrogen (secondary N) is 1. The number of aliphatic hydroxyl groups is 1. The van der Waals surface area contributed by atoms with Crippen LogP contribution in [0.1, 0.15) is 17.7 Å². The third-order valence-corrected chi connectivity index (χ3v) is 5.52. The van der Waals surface area contributed by atoms with Crippen LogP contribution in [-0.2, 0) is 6.54 Å². The Bertz CT molecular complexity index is 910. The monoisotopic (exact) mass is 401 g/mol. The maximum atomic E-state index is 9.71. The van der Waals surface area contributed by atoms with E-state index in [0.29, 0.717) is 0 Å². The predicted molar refractivity (Wildman–Crippen MR) is 101 cm³/mol. The summed E-state index contributed by atoms with van der Waals surface area (Å²) < 4.78 is 3.12. The van der Waals surface area contributed by atoms with Crippen molar-refractivity contribution in [3.63, 3.8) is 0 Å². The van der Waals surface area contributed by atoms with Crippen LogP contribution < -0.4 is 5.32 Å². The zero-order valence-electron chi connectivity index (χ0n) is 14.0. The van der Waals surface area contributed by atoms with Gasteiger partial charge < -0.3 is 10.4 Å². The molecule has 0 spiro atoms. The van der Waals surface area contributed by atoms with Crippen molar-refractivity contribution in [1.82, 2.24) is 19.3 Å². The molecule has 1 saturated heterocycles. The van der Waals surface area contributed by atoms with Crippen LogP contribution in [0.4, 0.5) is 11.5 Å². The number of aliphatic hydroxyl groups excluding tert-OH is 1. The van der Waals surface area contributed by atoms with E-state index in [0.717, 1.165) is 58.9 Å². The Morgan fingerprint density at radius 1 is 1.36 bits per heavy atom. The third kappa shape index (κ3) is 3.27. The normalized spacial score (nSPS) is 18.1. The fraction of sp³-hybridized carbons (Fsp3) is 0.333. The zero-order chi connectivity index (χ0) is 17.4. The zero-order valence-corrected chi connectivity index (χ0v) is 15.6. The molecule has 3 heterocycles. The number of imidazole rings is 1. The first kappa shape index (κ1) is 16.5. The minimum Gasteiger partial charge on any atom is -0.392 e. The molecule has 130 valence electrons. The second kappa shape index (κ2) is 6.74. The quantitative estimate of drug-likeness (QED) is 0.702. The van der Waals surface area contributed by atoms with Crippen LogP contribution in [0, 0.1) is 6.92 Å². The standard InChI is InChI=1S/C18H20BrN5O/c1-12-15(19)3-2-4-16(12)22-17-18-21-9-13(24(18)8-6-20-17)10-23-7-5-14(25)11-23/h2-4,6,8-9,14,25H,5,7,10-11H2,1H3,(H,20,22)/t14-/m0/s1. The Labute approximate surface area is 154 Å².